The monoisotopic (exact) mass is 464 g/mol. The zero-order valence-electron chi connectivity index (χ0n) is 19.6. The molecule has 0 radical (unpaired) electrons. The van der Waals surface area contributed by atoms with E-state index in [0.717, 1.165) is 45.3 Å². The van der Waals surface area contributed by atoms with E-state index in [2.05, 4.69) is 34.5 Å². The van der Waals surface area contributed by atoms with Crippen LogP contribution in [0.25, 0.3) is 11.1 Å². The molecule has 3 heterocycles. The van der Waals surface area contributed by atoms with Crippen LogP contribution < -0.4 is 11.1 Å². The summed E-state index contributed by atoms with van der Waals surface area (Å²) in [6.07, 6.45) is 3.46. The van der Waals surface area contributed by atoms with E-state index >= 15 is 0 Å². The molecular formula is C26H32N4O4. The van der Waals surface area contributed by atoms with Gasteiger partial charge in [-0.3, -0.25) is 19.2 Å². The Bertz CT molecular complexity index is 1220. The lowest BCUT2D eigenvalue weighted by molar-refractivity contribution is -0.120. The first kappa shape index (κ1) is 22.8. The minimum atomic E-state index is -0.484. The number of aromatic nitrogens is 1. The molecule has 0 bridgehead atoms. The Morgan fingerprint density at radius 2 is 2.00 bits per heavy atom. The predicted octanol–water partition coefficient (Wildman–Crippen LogP) is 2.21. The normalized spacial score (nSPS) is 23.6. The molecule has 2 N–H and O–H groups in total. The van der Waals surface area contributed by atoms with Gasteiger partial charge in [-0.1, -0.05) is 30.3 Å². The van der Waals surface area contributed by atoms with Gasteiger partial charge in [0, 0.05) is 44.0 Å². The van der Waals surface area contributed by atoms with Crippen LogP contribution in [-0.2, 0) is 18.3 Å². The minimum absolute atomic E-state index is 0.145. The smallest absolute Gasteiger partial charge is 0.408 e. The third-order valence-electron chi connectivity index (χ3n) is 7.54. The number of aliphatic hydroxyl groups excluding tert-OH is 1. The first-order chi connectivity index (χ1) is 16.4. The molecular weight excluding hydrogens is 432 g/mol. The molecule has 180 valence electrons. The average Bonchev–Trinajstić information content (AvgIpc) is 3.36. The molecule has 2 aromatic carbocycles. The Labute approximate surface area is 198 Å². The molecule has 0 aliphatic carbocycles. The molecule has 2 aliphatic heterocycles. The Morgan fingerprint density at radius 3 is 2.79 bits per heavy atom. The molecule has 0 saturated carbocycles. The van der Waals surface area contributed by atoms with Gasteiger partial charge in [-0.2, -0.15) is 0 Å². The van der Waals surface area contributed by atoms with Gasteiger partial charge in [0.1, 0.15) is 0 Å². The van der Waals surface area contributed by atoms with Crippen LogP contribution in [-0.4, -0.2) is 69.7 Å². The van der Waals surface area contributed by atoms with Crippen LogP contribution in [0, 0.1) is 0 Å². The van der Waals surface area contributed by atoms with Crippen LogP contribution in [0.1, 0.15) is 24.8 Å². The highest BCUT2D eigenvalue weighted by atomic mass is 16.4. The van der Waals surface area contributed by atoms with Crippen LogP contribution in [0.4, 0.5) is 5.69 Å². The SMILES string of the molecule is Cn1c(=O)oc2cc(NC(=O)CN3CC[C@@]4(CCCN4CCc4ccccc4)[C@@H](O)C3)ccc21. The molecule has 5 rings (SSSR count). The average molecular weight is 465 g/mol. The van der Waals surface area contributed by atoms with Gasteiger partial charge in [0.25, 0.3) is 0 Å². The van der Waals surface area contributed by atoms with E-state index in [0.29, 0.717) is 23.3 Å². The fourth-order valence-corrected chi connectivity index (χ4v) is 5.64. The maximum atomic E-state index is 12.7. The van der Waals surface area contributed by atoms with Gasteiger partial charge in [-0.15, -0.1) is 0 Å². The van der Waals surface area contributed by atoms with E-state index in [4.69, 9.17) is 4.42 Å². The van der Waals surface area contributed by atoms with Crippen molar-refractivity contribution in [2.24, 2.45) is 7.05 Å². The number of oxazole rings is 1. The first-order valence-corrected chi connectivity index (χ1v) is 12.0. The van der Waals surface area contributed by atoms with Gasteiger partial charge in [-0.05, 0) is 49.9 Å². The number of nitrogens with zero attached hydrogens (tertiary/aromatic N) is 3. The second-order valence-electron chi connectivity index (χ2n) is 9.59. The van der Waals surface area contributed by atoms with Gasteiger partial charge in [0.2, 0.25) is 5.91 Å². The van der Waals surface area contributed by atoms with Crippen molar-refractivity contribution in [3.05, 3.63) is 64.6 Å². The third-order valence-corrected chi connectivity index (χ3v) is 7.54. The third kappa shape index (κ3) is 4.41. The highest BCUT2D eigenvalue weighted by molar-refractivity contribution is 5.94. The Hall–Kier alpha value is -2.94. The Balaban J connectivity index is 1.17. The summed E-state index contributed by atoms with van der Waals surface area (Å²) >= 11 is 0. The lowest BCUT2D eigenvalue weighted by Gasteiger charge is -2.48. The second kappa shape index (κ2) is 9.37. The number of hydrogen-bond donors (Lipinski definition) is 2. The lowest BCUT2D eigenvalue weighted by atomic mass is 9.82. The number of carbonyl (C=O) groups is 1. The number of piperidine rings is 1. The second-order valence-corrected chi connectivity index (χ2v) is 9.59. The largest absolute Gasteiger partial charge is 0.419 e. The molecule has 1 spiro atoms. The van der Waals surface area contributed by atoms with E-state index < -0.39 is 11.9 Å². The molecule has 2 saturated heterocycles. The maximum absolute atomic E-state index is 12.7. The summed E-state index contributed by atoms with van der Waals surface area (Å²) in [6, 6.07) is 15.7. The number of rotatable bonds is 6. The highest BCUT2D eigenvalue weighted by Crippen LogP contribution is 2.38. The summed E-state index contributed by atoms with van der Waals surface area (Å²) in [5.41, 5.74) is 2.85. The predicted molar refractivity (Wildman–Crippen MR) is 131 cm³/mol. The topological polar surface area (TPSA) is 91.0 Å². The standard InChI is InChI=1S/C26H32N4O4/c1-28-21-9-8-20(16-22(21)34-25(28)33)27-24(32)18-29-15-12-26(23(31)17-29)11-5-13-30(26)14-10-19-6-3-2-4-7-19/h2-4,6-9,16,23,31H,5,10-15,17-18H2,1H3,(H,27,32)/t23-,26-/m0/s1. The summed E-state index contributed by atoms with van der Waals surface area (Å²) in [7, 11) is 1.65. The van der Waals surface area contributed by atoms with Crippen molar-refractivity contribution in [3.63, 3.8) is 0 Å². The lowest BCUT2D eigenvalue weighted by Crippen LogP contribution is -2.62. The van der Waals surface area contributed by atoms with Crippen molar-refractivity contribution < 1.29 is 14.3 Å². The summed E-state index contributed by atoms with van der Waals surface area (Å²) in [6.45, 7) is 3.44. The van der Waals surface area contributed by atoms with Crippen molar-refractivity contribution >= 4 is 22.7 Å². The van der Waals surface area contributed by atoms with Crippen LogP contribution in [0.15, 0.2) is 57.7 Å². The Morgan fingerprint density at radius 1 is 1.18 bits per heavy atom. The summed E-state index contributed by atoms with van der Waals surface area (Å²) in [5, 5.41) is 14.1. The maximum Gasteiger partial charge on any atom is 0.419 e. The van der Waals surface area contributed by atoms with Crippen LogP contribution in [0.2, 0.25) is 0 Å². The molecule has 2 fully saturated rings. The van der Waals surface area contributed by atoms with Gasteiger partial charge < -0.3 is 14.8 Å². The fraction of sp³-hybridized carbons (Fsp3) is 0.462. The molecule has 1 amide bonds. The quantitative estimate of drug-likeness (QED) is 0.581. The van der Waals surface area contributed by atoms with Crippen molar-refractivity contribution in [2.45, 2.75) is 37.3 Å². The van der Waals surface area contributed by atoms with Gasteiger partial charge in [0.15, 0.2) is 5.58 Å². The van der Waals surface area contributed by atoms with Crippen molar-refractivity contribution in [1.82, 2.24) is 14.4 Å². The van der Waals surface area contributed by atoms with E-state index in [1.54, 1.807) is 25.2 Å². The van der Waals surface area contributed by atoms with E-state index in [9.17, 15) is 14.7 Å². The number of likely N-dealkylation sites (tertiary alicyclic amines) is 2. The number of fused-ring (bicyclic) bond motifs is 1. The van der Waals surface area contributed by atoms with E-state index in [1.807, 2.05) is 11.0 Å². The summed E-state index contributed by atoms with van der Waals surface area (Å²) in [4.78, 5) is 28.9. The summed E-state index contributed by atoms with van der Waals surface area (Å²) in [5.74, 6) is -0.576. The molecule has 3 aromatic rings. The number of carbonyl (C=O) groups excluding carboxylic acids is 1. The number of hydrogen-bond acceptors (Lipinski definition) is 6. The molecule has 8 nitrogen and oxygen atoms in total. The van der Waals surface area contributed by atoms with Gasteiger partial charge >= 0.3 is 5.76 Å². The van der Waals surface area contributed by atoms with Crippen molar-refractivity contribution in [1.29, 1.82) is 0 Å². The minimum Gasteiger partial charge on any atom is -0.408 e. The zero-order chi connectivity index (χ0) is 23.7. The van der Waals surface area contributed by atoms with Gasteiger partial charge in [0.05, 0.1) is 18.2 Å². The number of anilines is 1. The Kier molecular flexibility index (Phi) is 6.29. The summed E-state index contributed by atoms with van der Waals surface area (Å²) < 4.78 is 6.63. The number of aryl methyl sites for hydroxylation is 1. The molecule has 2 aliphatic rings. The van der Waals surface area contributed by atoms with E-state index in [-0.39, 0.29) is 18.0 Å². The van der Waals surface area contributed by atoms with E-state index in [1.165, 1.54) is 10.1 Å². The highest BCUT2D eigenvalue weighted by Gasteiger charge is 2.49. The zero-order valence-corrected chi connectivity index (χ0v) is 19.6. The molecule has 0 unspecified atom stereocenters. The fourth-order valence-electron chi connectivity index (χ4n) is 5.64. The molecule has 34 heavy (non-hydrogen) atoms. The van der Waals surface area contributed by atoms with Crippen LogP contribution in [0.3, 0.4) is 0 Å². The van der Waals surface area contributed by atoms with Crippen LogP contribution >= 0.6 is 0 Å². The molecule has 8 heteroatoms. The number of β-amino-alcohol motifs (C(OH)–C–C–N with tert-alkyl or cyclic N) is 1. The van der Waals surface area contributed by atoms with Crippen molar-refractivity contribution in [2.75, 3.05) is 38.0 Å². The molecule has 1 aromatic heterocycles. The number of amides is 1. The van der Waals surface area contributed by atoms with Crippen molar-refractivity contribution in [3.8, 4) is 0 Å². The molecule has 2 atom stereocenters. The first-order valence-electron chi connectivity index (χ1n) is 12.0. The number of benzene rings is 2. The van der Waals surface area contributed by atoms with Gasteiger partial charge in [-0.25, -0.2) is 4.79 Å². The van der Waals surface area contributed by atoms with Crippen LogP contribution in [0.5, 0.6) is 0 Å². The number of aliphatic hydroxyl groups is 1. The number of nitrogens with one attached hydrogen (secondary N) is 1.